The van der Waals surface area contributed by atoms with Crippen LogP contribution in [0.4, 0.5) is 0 Å². The number of benzene rings is 2. The lowest BCUT2D eigenvalue weighted by Gasteiger charge is -2.11. The number of nitriles is 1. The van der Waals surface area contributed by atoms with Gasteiger partial charge in [0.25, 0.3) is 0 Å². The van der Waals surface area contributed by atoms with E-state index in [1.54, 1.807) is 4.73 Å². The standard InChI is InChI=1S/C21H23N3O2/c1-3-4-12-25-21-10-9-17(14-18(21)15-22)11-13-26-24-16(2)23-19-7-5-6-8-20(19)24/h5-10,14H,3-4,11-13H2,1-2H3. The first kappa shape index (κ1) is 17.8. The highest BCUT2D eigenvalue weighted by molar-refractivity contribution is 5.75. The Morgan fingerprint density at radius 2 is 2.00 bits per heavy atom. The Hall–Kier alpha value is -3.00. The monoisotopic (exact) mass is 349 g/mol. The van der Waals surface area contributed by atoms with Gasteiger partial charge in [-0.3, -0.25) is 0 Å². The molecule has 5 heteroatoms. The van der Waals surface area contributed by atoms with E-state index in [-0.39, 0.29) is 0 Å². The molecule has 5 nitrogen and oxygen atoms in total. The van der Waals surface area contributed by atoms with Crippen molar-refractivity contribution < 1.29 is 9.57 Å². The summed E-state index contributed by atoms with van der Waals surface area (Å²) in [5.41, 5.74) is 3.50. The van der Waals surface area contributed by atoms with E-state index < -0.39 is 0 Å². The van der Waals surface area contributed by atoms with E-state index in [1.807, 2.05) is 49.4 Å². The van der Waals surface area contributed by atoms with Crippen LogP contribution in [0.1, 0.15) is 36.7 Å². The first-order valence-corrected chi connectivity index (χ1v) is 8.96. The van der Waals surface area contributed by atoms with Crippen LogP contribution in [0.2, 0.25) is 0 Å². The molecule has 0 aliphatic rings. The highest BCUT2D eigenvalue weighted by atomic mass is 16.7. The Morgan fingerprint density at radius 1 is 1.15 bits per heavy atom. The third kappa shape index (κ3) is 3.97. The summed E-state index contributed by atoms with van der Waals surface area (Å²) in [6.45, 7) is 5.18. The van der Waals surface area contributed by atoms with Crippen molar-refractivity contribution in [1.82, 2.24) is 9.71 Å². The molecule has 0 aliphatic carbocycles. The van der Waals surface area contributed by atoms with E-state index in [4.69, 9.17) is 9.57 Å². The number of para-hydroxylation sites is 2. The molecule has 1 aromatic heterocycles. The minimum absolute atomic E-state index is 0.502. The lowest BCUT2D eigenvalue weighted by Crippen LogP contribution is -2.16. The number of unbranched alkanes of at least 4 members (excludes halogenated alkanes) is 1. The minimum Gasteiger partial charge on any atom is -0.492 e. The van der Waals surface area contributed by atoms with Gasteiger partial charge in [0.15, 0.2) is 0 Å². The molecule has 1 heterocycles. The number of hydrogen-bond donors (Lipinski definition) is 0. The van der Waals surface area contributed by atoms with Crippen molar-refractivity contribution in [3.8, 4) is 11.8 Å². The molecule has 0 saturated carbocycles. The summed E-state index contributed by atoms with van der Waals surface area (Å²) in [6.07, 6.45) is 2.76. The quantitative estimate of drug-likeness (QED) is 0.575. The van der Waals surface area contributed by atoms with E-state index in [1.165, 1.54) is 0 Å². The summed E-state index contributed by atoms with van der Waals surface area (Å²) in [7, 11) is 0. The number of rotatable bonds is 8. The molecule has 0 aliphatic heterocycles. The predicted molar refractivity (Wildman–Crippen MR) is 101 cm³/mol. The molecule has 2 aromatic carbocycles. The molecule has 0 atom stereocenters. The van der Waals surface area contributed by atoms with Crippen molar-refractivity contribution in [3.63, 3.8) is 0 Å². The van der Waals surface area contributed by atoms with Crippen molar-refractivity contribution in [1.29, 1.82) is 5.26 Å². The fourth-order valence-electron chi connectivity index (χ4n) is 2.81. The summed E-state index contributed by atoms with van der Waals surface area (Å²) in [5.74, 6) is 1.48. The number of aromatic nitrogens is 2. The van der Waals surface area contributed by atoms with Gasteiger partial charge in [0.1, 0.15) is 29.8 Å². The zero-order valence-corrected chi connectivity index (χ0v) is 15.2. The largest absolute Gasteiger partial charge is 0.492 e. The highest BCUT2D eigenvalue weighted by Gasteiger charge is 2.08. The van der Waals surface area contributed by atoms with Crippen molar-refractivity contribution >= 4 is 11.0 Å². The van der Waals surface area contributed by atoms with Crippen molar-refractivity contribution in [2.75, 3.05) is 13.2 Å². The molecular weight excluding hydrogens is 326 g/mol. The van der Waals surface area contributed by atoms with E-state index in [0.717, 1.165) is 35.3 Å². The van der Waals surface area contributed by atoms with Gasteiger partial charge in [-0.25, -0.2) is 4.98 Å². The highest BCUT2D eigenvalue weighted by Crippen LogP contribution is 2.20. The van der Waals surface area contributed by atoms with Gasteiger partial charge in [-0.15, -0.1) is 0 Å². The van der Waals surface area contributed by atoms with Gasteiger partial charge < -0.3 is 9.57 Å². The Labute approximate surface area is 153 Å². The summed E-state index contributed by atoms with van der Waals surface area (Å²) >= 11 is 0. The molecule has 0 radical (unpaired) electrons. The van der Waals surface area contributed by atoms with Crippen molar-refractivity contribution in [2.24, 2.45) is 0 Å². The molecule has 0 bridgehead atoms. The lowest BCUT2D eigenvalue weighted by atomic mass is 10.1. The zero-order valence-electron chi connectivity index (χ0n) is 15.2. The number of imidazole rings is 1. The zero-order chi connectivity index (χ0) is 18.4. The number of fused-ring (bicyclic) bond motifs is 1. The van der Waals surface area contributed by atoms with Crippen LogP contribution >= 0.6 is 0 Å². The number of aryl methyl sites for hydroxylation is 1. The van der Waals surface area contributed by atoms with Crippen LogP contribution < -0.4 is 9.57 Å². The second-order valence-electron chi connectivity index (χ2n) is 6.17. The molecule has 0 spiro atoms. The second-order valence-corrected chi connectivity index (χ2v) is 6.17. The number of nitrogens with zero attached hydrogens (tertiary/aromatic N) is 3. The van der Waals surface area contributed by atoms with Gasteiger partial charge in [0.05, 0.1) is 17.7 Å². The molecule has 3 aromatic rings. The third-order valence-corrected chi connectivity index (χ3v) is 4.21. The molecule has 0 fully saturated rings. The number of ether oxygens (including phenoxy) is 1. The number of hydrogen-bond acceptors (Lipinski definition) is 4. The van der Waals surface area contributed by atoms with Crippen molar-refractivity contribution in [3.05, 3.63) is 59.4 Å². The van der Waals surface area contributed by atoms with Gasteiger partial charge in [-0.1, -0.05) is 31.5 Å². The van der Waals surface area contributed by atoms with Crippen LogP contribution in [-0.4, -0.2) is 22.9 Å². The summed E-state index contributed by atoms with van der Waals surface area (Å²) in [5, 5.41) is 9.36. The van der Waals surface area contributed by atoms with Crippen LogP contribution in [-0.2, 0) is 6.42 Å². The van der Waals surface area contributed by atoms with E-state index in [9.17, 15) is 5.26 Å². The second kappa shape index (κ2) is 8.39. The van der Waals surface area contributed by atoms with E-state index in [2.05, 4.69) is 18.0 Å². The Morgan fingerprint density at radius 3 is 2.81 bits per heavy atom. The van der Waals surface area contributed by atoms with Crippen LogP contribution in [0.3, 0.4) is 0 Å². The van der Waals surface area contributed by atoms with Gasteiger partial charge in [-0.2, -0.15) is 9.99 Å². The van der Waals surface area contributed by atoms with Gasteiger partial charge >= 0.3 is 0 Å². The summed E-state index contributed by atoms with van der Waals surface area (Å²) in [4.78, 5) is 10.4. The molecule has 26 heavy (non-hydrogen) atoms. The molecular formula is C21H23N3O2. The predicted octanol–water partition coefficient (Wildman–Crippen LogP) is 4.07. The average molecular weight is 349 g/mol. The molecule has 3 rings (SSSR count). The van der Waals surface area contributed by atoms with Crippen LogP contribution in [0.5, 0.6) is 5.75 Å². The fraction of sp³-hybridized carbons (Fsp3) is 0.333. The Balaban J connectivity index is 1.64. The first-order valence-electron chi connectivity index (χ1n) is 8.96. The lowest BCUT2D eigenvalue weighted by molar-refractivity contribution is 0.117. The molecule has 134 valence electrons. The summed E-state index contributed by atoms with van der Waals surface area (Å²) in [6, 6.07) is 15.9. The summed E-state index contributed by atoms with van der Waals surface area (Å²) < 4.78 is 7.45. The van der Waals surface area contributed by atoms with E-state index in [0.29, 0.717) is 30.9 Å². The average Bonchev–Trinajstić information content (AvgIpc) is 2.98. The topological polar surface area (TPSA) is 60.1 Å². The molecule has 0 N–H and O–H groups in total. The SMILES string of the molecule is CCCCOc1ccc(CCOn2c(C)nc3ccccc32)cc1C#N. The van der Waals surface area contributed by atoms with E-state index >= 15 is 0 Å². The van der Waals surface area contributed by atoms with Crippen LogP contribution in [0.15, 0.2) is 42.5 Å². The Bertz CT molecular complexity index is 925. The third-order valence-electron chi connectivity index (χ3n) is 4.21. The maximum absolute atomic E-state index is 9.36. The molecule has 0 unspecified atom stereocenters. The first-order chi connectivity index (χ1) is 12.7. The maximum atomic E-state index is 9.36. The smallest absolute Gasteiger partial charge is 0.143 e. The Kier molecular flexibility index (Phi) is 5.75. The van der Waals surface area contributed by atoms with Crippen LogP contribution in [0.25, 0.3) is 11.0 Å². The van der Waals surface area contributed by atoms with Crippen molar-refractivity contribution in [2.45, 2.75) is 33.1 Å². The fourth-order valence-corrected chi connectivity index (χ4v) is 2.81. The normalized spacial score (nSPS) is 10.7. The molecule has 0 amide bonds. The van der Waals surface area contributed by atoms with Crippen LogP contribution in [0, 0.1) is 18.3 Å². The minimum atomic E-state index is 0.502. The van der Waals surface area contributed by atoms with Gasteiger partial charge in [0, 0.05) is 6.42 Å². The molecule has 0 saturated heterocycles. The maximum Gasteiger partial charge on any atom is 0.143 e. The van der Waals surface area contributed by atoms with Gasteiger partial charge in [0.2, 0.25) is 0 Å². The van der Waals surface area contributed by atoms with Gasteiger partial charge in [-0.05, 0) is 43.2 Å².